The molecular weight excluding hydrogens is 326 g/mol. The molecule has 0 atom stereocenters. The number of aromatic nitrogens is 1. The normalized spacial score (nSPS) is 10.1. The zero-order valence-corrected chi connectivity index (χ0v) is 13.5. The Morgan fingerprint density at radius 1 is 1.36 bits per heavy atom. The van der Waals surface area contributed by atoms with E-state index in [1.807, 2.05) is 13.0 Å². The molecule has 0 saturated heterocycles. The van der Waals surface area contributed by atoms with Crippen LogP contribution in [0.5, 0.6) is 0 Å². The molecular formula is C14H14ClN3O3S. The van der Waals surface area contributed by atoms with Gasteiger partial charge < -0.3 is 10.1 Å². The minimum atomic E-state index is -0.598. The molecule has 2 N–H and O–H groups in total. The fourth-order valence-corrected chi connectivity index (χ4v) is 2.50. The lowest BCUT2D eigenvalue weighted by molar-refractivity contribution is -0.115. The summed E-state index contributed by atoms with van der Waals surface area (Å²) in [6.45, 7) is 1.89. The van der Waals surface area contributed by atoms with Crippen LogP contribution in [-0.4, -0.2) is 24.1 Å². The van der Waals surface area contributed by atoms with Gasteiger partial charge in [-0.2, -0.15) is 0 Å². The molecule has 8 heteroatoms. The second-order valence-electron chi connectivity index (χ2n) is 4.45. The number of benzene rings is 1. The van der Waals surface area contributed by atoms with Gasteiger partial charge in [0.25, 0.3) is 0 Å². The number of nitrogens with zero attached hydrogens (tertiary/aromatic N) is 1. The Bertz CT molecular complexity index is 702. The summed E-state index contributed by atoms with van der Waals surface area (Å²) in [7, 11) is 1.27. The molecule has 0 fully saturated rings. The third-order valence-electron chi connectivity index (χ3n) is 2.74. The Hall–Kier alpha value is -2.12. The minimum absolute atomic E-state index is 0.102. The van der Waals surface area contributed by atoms with Gasteiger partial charge >= 0.3 is 6.09 Å². The third kappa shape index (κ3) is 4.44. The molecule has 0 aliphatic rings. The summed E-state index contributed by atoms with van der Waals surface area (Å²) in [5.41, 5.74) is 2.13. The number of thiazole rings is 1. The fourth-order valence-electron chi connectivity index (χ4n) is 1.62. The number of methoxy groups -OCH3 is 1. The smallest absolute Gasteiger partial charge is 0.413 e. The van der Waals surface area contributed by atoms with E-state index in [1.54, 1.807) is 17.5 Å². The Morgan fingerprint density at radius 3 is 2.82 bits per heavy atom. The van der Waals surface area contributed by atoms with E-state index in [4.69, 9.17) is 11.6 Å². The number of hydrogen-bond acceptors (Lipinski definition) is 5. The van der Waals surface area contributed by atoms with Crippen LogP contribution in [0.2, 0.25) is 5.02 Å². The summed E-state index contributed by atoms with van der Waals surface area (Å²) in [4.78, 5) is 27.2. The molecule has 0 unspecified atom stereocenters. The predicted octanol–water partition coefficient (Wildman–Crippen LogP) is 3.46. The van der Waals surface area contributed by atoms with Crippen LogP contribution in [0.4, 0.5) is 15.6 Å². The molecule has 2 amide bonds. The molecule has 6 nitrogen and oxygen atoms in total. The number of anilines is 2. The zero-order chi connectivity index (χ0) is 16.1. The average molecular weight is 340 g/mol. The molecule has 0 saturated carbocycles. The molecule has 2 rings (SSSR count). The number of aryl methyl sites for hydroxylation is 1. The fraction of sp³-hybridized carbons (Fsp3) is 0.214. The molecule has 1 heterocycles. The van der Waals surface area contributed by atoms with E-state index in [0.717, 1.165) is 5.56 Å². The highest BCUT2D eigenvalue weighted by molar-refractivity contribution is 7.13. The molecule has 116 valence electrons. The molecule has 0 radical (unpaired) electrons. The first-order chi connectivity index (χ1) is 10.5. The monoisotopic (exact) mass is 339 g/mol. The van der Waals surface area contributed by atoms with Crippen LogP contribution in [0.15, 0.2) is 23.6 Å². The lowest BCUT2D eigenvalue weighted by Crippen LogP contribution is -2.15. The van der Waals surface area contributed by atoms with Crippen LogP contribution in [0.3, 0.4) is 0 Å². The standard InChI is InChI=1S/C14H14ClN3O3S/c1-8-3-4-9(5-11(8)15)16-12(19)6-10-7-22-13(17-10)18-14(20)21-2/h3-5,7H,6H2,1-2H3,(H,16,19)(H,17,18,20). The number of rotatable bonds is 4. The van der Waals surface area contributed by atoms with E-state index >= 15 is 0 Å². The van der Waals surface area contributed by atoms with E-state index in [0.29, 0.717) is 21.5 Å². The highest BCUT2D eigenvalue weighted by Crippen LogP contribution is 2.20. The van der Waals surface area contributed by atoms with E-state index in [-0.39, 0.29) is 12.3 Å². The maximum atomic E-state index is 12.0. The number of ether oxygens (including phenoxy) is 1. The molecule has 1 aromatic carbocycles. The van der Waals surface area contributed by atoms with E-state index in [1.165, 1.54) is 18.4 Å². The summed E-state index contributed by atoms with van der Waals surface area (Å²) in [6, 6.07) is 5.31. The van der Waals surface area contributed by atoms with Crippen LogP contribution in [0, 0.1) is 6.92 Å². The van der Waals surface area contributed by atoms with Crippen LogP contribution < -0.4 is 10.6 Å². The van der Waals surface area contributed by atoms with Crippen molar-refractivity contribution in [1.82, 2.24) is 4.98 Å². The van der Waals surface area contributed by atoms with E-state index < -0.39 is 6.09 Å². The average Bonchev–Trinajstić information content (AvgIpc) is 2.89. The summed E-state index contributed by atoms with van der Waals surface area (Å²) < 4.78 is 4.47. The highest BCUT2D eigenvalue weighted by Gasteiger charge is 2.10. The van der Waals surface area contributed by atoms with Gasteiger partial charge in [-0.15, -0.1) is 11.3 Å². The van der Waals surface area contributed by atoms with Crippen molar-refractivity contribution in [2.75, 3.05) is 17.7 Å². The van der Waals surface area contributed by atoms with E-state index in [2.05, 4.69) is 20.4 Å². The number of amides is 2. The number of carbonyl (C=O) groups excluding carboxylic acids is 2. The van der Waals surface area contributed by atoms with Gasteiger partial charge in [-0.1, -0.05) is 17.7 Å². The number of halogens is 1. The van der Waals surface area contributed by atoms with Gasteiger partial charge in [0.15, 0.2) is 5.13 Å². The first-order valence-electron chi connectivity index (χ1n) is 6.33. The van der Waals surface area contributed by atoms with Crippen molar-refractivity contribution >= 4 is 45.8 Å². The topological polar surface area (TPSA) is 80.3 Å². The van der Waals surface area contributed by atoms with Crippen LogP contribution in [0.1, 0.15) is 11.3 Å². The molecule has 2 aromatic rings. The molecule has 0 aliphatic heterocycles. The molecule has 0 bridgehead atoms. The maximum Gasteiger partial charge on any atom is 0.413 e. The van der Waals surface area contributed by atoms with Crippen molar-refractivity contribution in [3.05, 3.63) is 39.9 Å². The molecule has 0 aliphatic carbocycles. The van der Waals surface area contributed by atoms with Crippen LogP contribution in [0.25, 0.3) is 0 Å². The van der Waals surface area contributed by atoms with E-state index in [9.17, 15) is 9.59 Å². The quantitative estimate of drug-likeness (QED) is 0.893. The lowest BCUT2D eigenvalue weighted by Gasteiger charge is -2.06. The van der Waals surface area contributed by atoms with Gasteiger partial charge in [0.1, 0.15) is 0 Å². The van der Waals surface area contributed by atoms with Gasteiger partial charge in [-0.25, -0.2) is 9.78 Å². The van der Waals surface area contributed by atoms with Crippen LogP contribution >= 0.6 is 22.9 Å². The SMILES string of the molecule is COC(=O)Nc1nc(CC(=O)Nc2ccc(C)c(Cl)c2)cs1. The summed E-state index contributed by atoms with van der Waals surface area (Å²) in [5, 5.41) is 7.87. The van der Waals surface area contributed by atoms with Gasteiger partial charge in [0.2, 0.25) is 5.91 Å². The van der Waals surface area contributed by atoms with Crippen molar-refractivity contribution in [3.8, 4) is 0 Å². The van der Waals surface area contributed by atoms with Crippen molar-refractivity contribution in [1.29, 1.82) is 0 Å². The summed E-state index contributed by atoms with van der Waals surface area (Å²) in [6.07, 6.45) is -0.496. The number of carbonyl (C=O) groups is 2. The third-order valence-corrected chi connectivity index (χ3v) is 3.96. The summed E-state index contributed by atoms with van der Waals surface area (Å²) >= 11 is 7.23. The molecule has 1 aromatic heterocycles. The maximum absolute atomic E-state index is 12.0. The van der Waals surface area contributed by atoms with Crippen molar-refractivity contribution in [3.63, 3.8) is 0 Å². The first kappa shape index (κ1) is 16.3. The lowest BCUT2D eigenvalue weighted by atomic mass is 10.2. The van der Waals surface area contributed by atoms with Gasteiger partial charge in [-0.3, -0.25) is 10.1 Å². The van der Waals surface area contributed by atoms with Gasteiger partial charge in [0, 0.05) is 16.1 Å². The van der Waals surface area contributed by atoms with Crippen molar-refractivity contribution in [2.45, 2.75) is 13.3 Å². The predicted molar refractivity (Wildman–Crippen MR) is 86.7 cm³/mol. The Kier molecular flexibility index (Phi) is 5.35. The molecule has 0 spiro atoms. The zero-order valence-electron chi connectivity index (χ0n) is 12.0. The van der Waals surface area contributed by atoms with Crippen LogP contribution in [-0.2, 0) is 16.0 Å². The largest absolute Gasteiger partial charge is 0.453 e. The second-order valence-corrected chi connectivity index (χ2v) is 5.71. The second kappa shape index (κ2) is 7.24. The Morgan fingerprint density at radius 2 is 2.14 bits per heavy atom. The number of hydrogen-bond donors (Lipinski definition) is 2. The molecule has 22 heavy (non-hydrogen) atoms. The minimum Gasteiger partial charge on any atom is -0.453 e. The number of nitrogens with one attached hydrogen (secondary N) is 2. The summed E-state index contributed by atoms with van der Waals surface area (Å²) in [5.74, 6) is -0.213. The van der Waals surface area contributed by atoms with Crippen molar-refractivity contribution < 1.29 is 14.3 Å². The van der Waals surface area contributed by atoms with Gasteiger partial charge in [0.05, 0.1) is 19.2 Å². The van der Waals surface area contributed by atoms with Gasteiger partial charge in [-0.05, 0) is 24.6 Å². The Balaban J connectivity index is 1.94. The highest BCUT2D eigenvalue weighted by atomic mass is 35.5. The van der Waals surface area contributed by atoms with Crippen molar-refractivity contribution in [2.24, 2.45) is 0 Å². The Labute approximate surface area is 136 Å². The first-order valence-corrected chi connectivity index (χ1v) is 7.59.